The third-order valence-corrected chi connectivity index (χ3v) is 9.88. The van der Waals surface area contributed by atoms with E-state index in [4.69, 9.17) is 14.5 Å². The molecule has 6 aromatic rings. The second kappa shape index (κ2) is 18.2. The number of ether oxygens (including phenoxy) is 2. The van der Waals surface area contributed by atoms with Gasteiger partial charge in [-0.05, 0) is 96.8 Å². The largest absolute Gasteiger partial charge is 0.494 e. The lowest BCUT2D eigenvalue weighted by Crippen LogP contribution is -2.10. The summed E-state index contributed by atoms with van der Waals surface area (Å²) in [6, 6.07) is 42.5. The summed E-state index contributed by atoms with van der Waals surface area (Å²) in [6.07, 6.45) is 13.9. The number of fused-ring (bicyclic) bond motifs is 1. The van der Waals surface area contributed by atoms with Gasteiger partial charge in [0.1, 0.15) is 16.5 Å². The Bertz CT molecular complexity index is 1820. The second-order valence-corrected chi connectivity index (χ2v) is 13.7. The van der Waals surface area contributed by atoms with Crippen molar-refractivity contribution in [2.75, 3.05) is 18.1 Å². The molecule has 0 aliphatic rings. The summed E-state index contributed by atoms with van der Waals surface area (Å²) in [7, 11) is 0. The van der Waals surface area contributed by atoms with Gasteiger partial charge in [-0.3, -0.25) is 0 Å². The van der Waals surface area contributed by atoms with Gasteiger partial charge in [-0.25, -0.2) is 4.98 Å². The molecule has 4 nitrogen and oxygen atoms in total. The number of unbranched alkanes of at least 4 members (excludes halogenated alkanes) is 6. The van der Waals surface area contributed by atoms with Gasteiger partial charge in [0, 0.05) is 22.6 Å². The molecule has 0 fully saturated rings. The summed E-state index contributed by atoms with van der Waals surface area (Å²) in [5.41, 5.74) is 7.73. The Morgan fingerprint density at radius 3 is 1.52 bits per heavy atom. The Kier molecular flexibility index (Phi) is 12.7. The maximum absolute atomic E-state index is 6.05. The monoisotopic (exact) mass is 680 g/mol. The molecule has 5 aromatic carbocycles. The SMILES string of the molecule is CCCCCCOc1ccc(N(c2ccc(/C=C/c3ccc(-c4nc5ccccc5s4)cc3)cc2)c2ccc(OCCCCCC)cc2)cc1. The first-order chi connectivity index (χ1) is 24.7. The van der Waals surface area contributed by atoms with E-state index in [1.54, 1.807) is 11.3 Å². The number of aromatic nitrogens is 1. The van der Waals surface area contributed by atoms with Gasteiger partial charge in [0.25, 0.3) is 0 Å². The van der Waals surface area contributed by atoms with Crippen molar-refractivity contribution in [3.63, 3.8) is 0 Å². The second-order valence-electron chi connectivity index (χ2n) is 12.7. The average Bonchev–Trinajstić information content (AvgIpc) is 3.60. The molecule has 50 heavy (non-hydrogen) atoms. The molecule has 6 rings (SSSR count). The number of para-hydroxylation sites is 1. The average molecular weight is 681 g/mol. The minimum Gasteiger partial charge on any atom is -0.494 e. The molecule has 0 saturated carbocycles. The number of hydrogen-bond donors (Lipinski definition) is 0. The predicted octanol–water partition coefficient (Wildman–Crippen LogP) is 13.5. The van der Waals surface area contributed by atoms with Crippen LogP contribution in [0.15, 0.2) is 121 Å². The van der Waals surface area contributed by atoms with Gasteiger partial charge >= 0.3 is 0 Å². The number of anilines is 3. The van der Waals surface area contributed by atoms with E-state index in [1.807, 2.05) is 6.07 Å². The molecule has 0 N–H and O–H groups in total. The molecule has 0 radical (unpaired) electrons. The number of benzene rings is 5. The molecule has 0 saturated heterocycles. The molecule has 0 bridgehead atoms. The molecule has 0 aliphatic heterocycles. The fourth-order valence-corrected chi connectivity index (χ4v) is 6.90. The van der Waals surface area contributed by atoms with E-state index in [9.17, 15) is 0 Å². The van der Waals surface area contributed by atoms with Crippen molar-refractivity contribution in [1.29, 1.82) is 0 Å². The fraction of sp³-hybridized carbons (Fsp3) is 0.267. The van der Waals surface area contributed by atoms with Crippen molar-refractivity contribution >= 4 is 50.8 Å². The van der Waals surface area contributed by atoms with E-state index < -0.39 is 0 Å². The van der Waals surface area contributed by atoms with E-state index in [2.05, 4.69) is 146 Å². The van der Waals surface area contributed by atoms with E-state index in [0.717, 1.165) is 81.8 Å². The summed E-state index contributed by atoms with van der Waals surface area (Å²) >= 11 is 1.73. The molecule has 1 heterocycles. The zero-order valence-corrected chi connectivity index (χ0v) is 30.2. The Labute approximate surface area is 302 Å². The molecule has 0 atom stereocenters. The lowest BCUT2D eigenvalue weighted by Gasteiger charge is -2.26. The predicted molar refractivity (Wildman–Crippen MR) is 214 cm³/mol. The molecule has 256 valence electrons. The van der Waals surface area contributed by atoms with Crippen LogP contribution in [0.2, 0.25) is 0 Å². The summed E-state index contributed by atoms with van der Waals surface area (Å²) in [6.45, 7) is 5.98. The molecule has 5 heteroatoms. The third-order valence-electron chi connectivity index (χ3n) is 8.79. The van der Waals surface area contributed by atoms with Gasteiger partial charge in [0.2, 0.25) is 0 Å². The number of hydrogen-bond acceptors (Lipinski definition) is 5. The van der Waals surface area contributed by atoms with Crippen LogP contribution < -0.4 is 14.4 Å². The maximum atomic E-state index is 6.05. The third kappa shape index (κ3) is 9.64. The van der Waals surface area contributed by atoms with E-state index in [0.29, 0.717) is 0 Å². The Balaban J connectivity index is 1.16. The quantitative estimate of drug-likeness (QED) is 0.0668. The van der Waals surface area contributed by atoms with Gasteiger partial charge in [-0.1, -0.05) is 113 Å². The molecule has 0 unspecified atom stereocenters. The highest BCUT2D eigenvalue weighted by atomic mass is 32.1. The molecular formula is C45H48N2O2S. The van der Waals surface area contributed by atoms with E-state index in [1.165, 1.54) is 43.2 Å². The number of thiazole rings is 1. The lowest BCUT2D eigenvalue weighted by molar-refractivity contribution is 0.305. The van der Waals surface area contributed by atoms with Gasteiger partial charge in [-0.2, -0.15) is 0 Å². The standard InChI is InChI=1S/C45H48N2O2S/c1-3-5-7-11-33-48-41-29-25-39(26-30-41)47(40-27-31-42(32-28-40)49-34-12-8-6-4-2)38-23-19-36(20-24-38)16-15-35-17-21-37(22-18-35)45-46-43-13-9-10-14-44(43)50-45/h9-10,13-32H,3-8,11-12,33-34H2,1-2H3/b16-15+. The summed E-state index contributed by atoms with van der Waals surface area (Å²) in [4.78, 5) is 7.09. The summed E-state index contributed by atoms with van der Waals surface area (Å²) in [5.74, 6) is 1.82. The van der Waals surface area contributed by atoms with Crippen LogP contribution >= 0.6 is 11.3 Å². The first-order valence-corrected chi connectivity index (χ1v) is 19.0. The zero-order valence-electron chi connectivity index (χ0n) is 29.4. The first-order valence-electron chi connectivity index (χ1n) is 18.2. The van der Waals surface area contributed by atoms with E-state index in [-0.39, 0.29) is 0 Å². The Hall–Kier alpha value is -4.87. The number of rotatable bonds is 18. The highest BCUT2D eigenvalue weighted by molar-refractivity contribution is 7.21. The van der Waals surface area contributed by atoms with Gasteiger partial charge in [-0.15, -0.1) is 11.3 Å². The van der Waals surface area contributed by atoms with Gasteiger partial charge in [0.15, 0.2) is 0 Å². The van der Waals surface area contributed by atoms with Crippen molar-refractivity contribution in [1.82, 2.24) is 4.98 Å². The topological polar surface area (TPSA) is 34.6 Å². The van der Waals surface area contributed by atoms with Crippen LogP contribution in [0, 0.1) is 0 Å². The van der Waals surface area contributed by atoms with Crippen molar-refractivity contribution in [3.05, 3.63) is 132 Å². The Morgan fingerprint density at radius 2 is 1.02 bits per heavy atom. The summed E-state index contributed by atoms with van der Waals surface area (Å²) < 4.78 is 13.3. The van der Waals surface area contributed by atoms with E-state index >= 15 is 0 Å². The molecule has 1 aromatic heterocycles. The van der Waals surface area contributed by atoms with Crippen LogP contribution in [0.3, 0.4) is 0 Å². The van der Waals surface area contributed by atoms with Crippen LogP contribution in [0.4, 0.5) is 17.1 Å². The molecule has 0 amide bonds. The lowest BCUT2D eigenvalue weighted by atomic mass is 10.1. The van der Waals surface area contributed by atoms with Crippen LogP contribution in [0.1, 0.15) is 76.3 Å². The zero-order chi connectivity index (χ0) is 34.4. The Morgan fingerprint density at radius 1 is 0.540 bits per heavy atom. The normalized spacial score (nSPS) is 11.3. The van der Waals surface area contributed by atoms with Crippen molar-refractivity contribution in [2.45, 2.75) is 65.2 Å². The highest BCUT2D eigenvalue weighted by Gasteiger charge is 2.13. The van der Waals surface area contributed by atoms with Crippen LogP contribution in [0.25, 0.3) is 32.9 Å². The van der Waals surface area contributed by atoms with Gasteiger partial charge < -0.3 is 14.4 Å². The van der Waals surface area contributed by atoms with Crippen molar-refractivity contribution in [3.8, 4) is 22.1 Å². The van der Waals surface area contributed by atoms with Crippen LogP contribution in [-0.2, 0) is 0 Å². The fourth-order valence-electron chi connectivity index (χ4n) is 5.93. The summed E-state index contributed by atoms with van der Waals surface area (Å²) in [5, 5.41) is 1.05. The molecule has 0 aliphatic carbocycles. The maximum Gasteiger partial charge on any atom is 0.124 e. The van der Waals surface area contributed by atoms with Crippen molar-refractivity contribution in [2.24, 2.45) is 0 Å². The minimum atomic E-state index is 0.755. The molecule has 0 spiro atoms. The van der Waals surface area contributed by atoms with Crippen LogP contribution in [0.5, 0.6) is 11.5 Å². The minimum absolute atomic E-state index is 0.755. The van der Waals surface area contributed by atoms with Gasteiger partial charge in [0.05, 0.1) is 23.4 Å². The highest BCUT2D eigenvalue weighted by Crippen LogP contribution is 2.37. The smallest absolute Gasteiger partial charge is 0.124 e. The first kappa shape index (κ1) is 35.0. The van der Waals surface area contributed by atoms with Crippen molar-refractivity contribution < 1.29 is 9.47 Å². The van der Waals surface area contributed by atoms with Crippen LogP contribution in [-0.4, -0.2) is 18.2 Å². The molecular weight excluding hydrogens is 633 g/mol. The number of nitrogens with zero attached hydrogens (tertiary/aromatic N) is 2.